The number of aromatic nitrogens is 2. The van der Waals surface area contributed by atoms with E-state index < -0.39 is 0 Å². The highest BCUT2D eigenvalue weighted by Gasteiger charge is 2.03. The number of nitrogens with two attached hydrogens (primary N) is 1. The molecule has 1 aromatic heterocycles. The van der Waals surface area contributed by atoms with Crippen LogP contribution in [0.4, 0.5) is 10.3 Å². The van der Waals surface area contributed by atoms with Crippen LogP contribution >= 0.6 is 0 Å². The smallest absolute Gasteiger partial charge is 0.221 e. The molecule has 0 bridgehead atoms. The van der Waals surface area contributed by atoms with E-state index in [2.05, 4.69) is 10.1 Å². The van der Waals surface area contributed by atoms with Gasteiger partial charge in [0.1, 0.15) is 5.82 Å². The van der Waals surface area contributed by atoms with Crippen molar-refractivity contribution in [2.75, 3.05) is 5.73 Å². The predicted molar refractivity (Wildman–Crippen MR) is 65.5 cm³/mol. The van der Waals surface area contributed by atoms with Crippen molar-refractivity contribution in [3.8, 4) is 0 Å². The van der Waals surface area contributed by atoms with Gasteiger partial charge in [0.25, 0.3) is 0 Å². The number of hydrogen-bond acceptors (Lipinski definition) is 3. The molecule has 0 spiro atoms. The van der Waals surface area contributed by atoms with Gasteiger partial charge in [0.15, 0.2) is 0 Å². The maximum atomic E-state index is 13.5. The fourth-order valence-corrected chi connectivity index (χ4v) is 1.52. The van der Waals surface area contributed by atoms with E-state index in [1.54, 1.807) is 12.3 Å². The lowest BCUT2D eigenvalue weighted by atomic mass is 10.1. The predicted octanol–water partition coefficient (Wildman–Crippen LogP) is 2.10. The Morgan fingerprint density at radius 1 is 1.41 bits per heavy atom. The van der Waals surface area contributed by atoms with Gasteiger partial charge in [-0.15, -0.1) is 0 Å². The maximum absolute atomic E-state index is 13.5. The van der Waals surface area contributed by atoms with E-state index in [9.17, 15) is 4.39 Å². The summed E-state index contributed by atoms with van der Waals surface area (Å²) in [6.07, 6.45) is 3.13. The van der Waals surface area contributed by atoms with Crippen molar-refractivity contribution in [3.05, 3.63) is 47.0 Å². The number of benzene rings is 1. The van der Waals surface area contributed by atoms with Crippen molar-refractivity contribution in [1.29, 1.82) is 0 Å². The molecule has 0 fully saturated rings. The lowest BCUT2D eigenvalue weighted by Crippen LogP contribution is -1.99. The molecule has 17 heavy (non-hydrogen) atoms. The zero-order valence-corrected chi connectivity index (χ0v) is 9.68. The van der Waals surface area contributed by atoms with Crippen molar-refractivity contribution in [2.45, 2.75) is 13.8 Å². The van der Waals surface area contributed by atoms with Gasteiger partial charge in [-0.3, -0.25) is 0 Å². The number of nitrogen functional groups attached to an aromatic ring is 1. The summed E-state index contributed by atoms with van der Waals surface area (Å²) in [7, 11) is 0. The second-order valence-electron chi connectivity index (χ2n) is 3.80. The Hall–Kier alpha value is -2.17. The number of hydrogen-bond donors (Lipinski definition) is 1. The zero-order valence-electron chi connectivity index (χ0n) is 9.68. The van der Waals surface area contributed by atoms with Crippen LogP contribution in [0.25, 0.3) is 0 Å². The number of aryl methyl sites for hydroxylation is 2. The molecule has 0 radical (unpaired) electrons. The summed E-state index contributed by atoms with van der Waals surface area (Å²) in [6, 6.07) is 4.89. The van der Waals surface area contributed by atoms with Crippen LogP contribution in [0.3, 0.4) is 0 Å². The third-order valence-corrected chi connectivity index (χ3v) is 2.42. The molecule has 0 atom stereocenters. The van der Waals surface area contributed by atoms with Crippen molar-refractivity contribution in [3.63, 3.8) is 0 Å². The summed E-state index contributed by atoms with van der Waals surface area (Å²) in [5.74, 6) is -0.0168. The SMILES string of the molecule is Cc1cn(N=Cc2c(C)cccc2F)c(N)n1. The van der Waals surface area contributed by atoms with Gasteiger partial charge in [-0.1, -0.05) is 12.1 Å². The molecule has 0 unspecified atom stereocenters. The minimum Gasteiger partial charge on any atom is -0.368 e. The fourth-order valence-electron chi connectivity index (χ4n) is 1.52. The molecule has 2 rings (SSSR count). The van der Waals surface area contributed by atoms with Crippen LogP contribution in [0.1, 0.15) is 16.8 Å². The molecule has 2 aromatic rings. The number of rotatable bonds is 2. The molecule has 1 aromatic carbocycles. The van der Waals surface area contributed by atoms with Crippen LogP contribution in [0, 0.1) is 19.7 Å². The van der Waals surface area contributed by atoms with Crippen LogP contribution in [-0.2, 0) is 0 Å². The van der Waals surface area contributed by atoms with Crippen LogP contribution in [0.2, 0.25) is 0 Å². The Kier molecular flexibility index (Phi) is 2.91. The summed E-state index contributed by atoms with van der Waals surface area (Å²) < 4.78 is 14.9. The van der Waals surface area contributed by atoms with Gasteiger partial charge >= 0.3 is 0 Å². The third-order valence-electron chi connectivity index (χ3n) is 2.42. The Morgan fingerprint density at radius 3 is 2.76 bits per heavy atom. The Balaban J connectivity index is 2.35. The molecule has 2 N–H and O–H groups in total. The molecular formula is C12H13FN4. The molecule has 0 aliphatic carbocycles. The first-order valence-electron chi connectivity index (χ1n) is 5.19. The average Bonchev–Trinajstić information content (AvgIpc) is 2.57. The minimum atomic E-state index is -0.302. The van der Waals surface area contributed by atoms with Crippen LogP contribution < -0.4 is 5.73 Å². The Labute approximate surface area is 98.6 Å². The maximum Gasteiger partial charge on any atom is 0.221 e. The van der Waals surface area contributed by atoms with E-state index in [1.165, 1.54) is 17.0 Å². The van der Waals surface area contributed by atoms with Crippen LogP contribution in [0.15, 0.2) is 29.5 Å². The molecule has 88 valence electrons. The minimum absolute atomic E-state index is 0.285. The first-order chi connectivity index (χ1) is 8.08. The monoisotopic (exact) mass is 232 g/mol. The zero-order chi connectivity index (χ0) is 12.4. The van der Waals surface area contributed by atoms with Gasteiger partial charge in [-0.2, -0.15) is 5.10 Å². The summed E-state index contributed by atoms with van der Waals surface area (Å²) in [4.78, 5) is 4.00. The third kappa shape index (κ3) is 2.33. The normalized spacial score (nSPS) is 11.2. The molecular weight excluding hydrogens is 219 g/mol. The van der Waals surface area contributed by atoms with Gasteiger partial charge in [-0.05, 0) is 25.5 Å². The average molecular weight is 232 g/mol. The summed E-state index contributed by atoms with van der Waals surface area (Å²) >= 11 is 0. The van der Waals surface area contributed by atoms with Gasteiger partial charge in [-0.25, -0.2) is 14.1 Å². The quantitative estimate of drug-likeness (QED) is 0.806. The van der Waals surface area contributed by atoms with E-state index in [0.29, 0.717) is 5.56 Å². The van der Waals surface area contributed by atoms with Gasteiger partial charge in [0, 0.05) is 5.56 Å². The number of anilines is 1. The Bertz CT molecular complexity index is 552. The first kappa shape index (κ1) is 11.3. The van der Waals surface area contributed by atoms with Crippen molar-refractivity contribution < 1.29 is 4.39 Å². The highest BCUT2D eigenvalue weighted by molar-refractivity contribution is 5.81. The summed E-state index contributed by atoms with van der Waals surface area (Å²) in [5.41, 5.74) is 7.67. The molecule has 0 saturated carbocycles. The first-order valence-corrected chi connectivity index (χ1v) is 5.19. The molecule has 5 heteroatoms. The van der Waals surface area contributed by atoms with Crippen molar-refractivity contribution in [2.24, 2.45) is 5.10 Å². The Morgan fingerprint density at radius 2 is 2.18 bits per heavy atom. The lowest BCUT2D eigenvalue weighted by Gasteiger charge is -2.01. The molecule has 4 nitrogen and oxygen atoms in total. The van der Waals surface area contributed by atoms with E-state index in [4.69, 9.17) is 5.73 Å². The molecule has 0 amide bonds. The lowest BCUT2D eigenvalue weighted by molar-refractivity contribution is 0.624. The van der Waals surface area contributed by atoms with E-state index in [1.807, 2.05) is 19.9 Å². The van der Waals surface area contributed by atoms with E-state index in [0.717, 1.165) is 11.3 Å². The molecule has 0 saturated heterocycles. The largest absolute Gasteiger partial charge is 0.368 e. The summed E-state index contributed by atoms with van der Waals surface area (Å²) in [5, 5.41) is 4.08. The van der Waals surface area contributed by atoms with Gasteiger partial charge < -0.3 is 5.73 Å². The second-order valence-corrected chi connectivity index (χ2v) is 3.80. The number of imidazole rings is 1. The molecule has 1 heterocycles. The van der Waals surface area contributed by atoms with E-state index in [-0.39, 0.29) is 11.8 Å². The molecule has 0 aliphatic heterocycles. The molecule has 0 aliphatic rings. The standard InChI is InChI=1S/C12H13FN4/c1-8-4-3-5-11(13)10(8)6-15-17-7-9(2)16-12(17)14/h3-7H,1-2H3,(H2,14,16). The highest BCUT2D eigenvalue weighted by Crippen LogP contribution is 2.10. The van der Waals surface area contributed by atoms with Crippen LogP contribution in [-0.4, -0.2) is 15.9 Å². The van der Waals surface area contributed by atoms with Gasteiger partial charge in [0.05, 0.1) is 18.1 Å². The van der Waals surface area contributed by atoms with Crippen molar-refractivity contribution >= 4 is 12.2 Å². The number of halogens is 1. The van der Waals surface area contributed by atoms with Gasteiger partial charge in [0.2, 0.25) is 5.95 Å². The topological polar surface area (TPSA) is 56.2 Å². The fraction of sp³-hybridized carbons (Fsp3) is 0.167. The van der Waals surface area contributed by atoms with Crippen LogP contribution in [0.5, 0.6) is 0 Å². The second kappa shape index (κ2) is 4.37. The summed E-state index contributed by atoms with van der Waals surface area (Å²) in [6.45, 7) is 3.64. The van der Waals surface area contributed by atoms with Crippen molar-refractivity contribution in [1.82, 2.24) is 9.66 Å². The highest BCUT2D eigenvalue weighted by atomic mass is 19.1. The van der Waals surface area contributed by atoms with E-state index >= 15 is 0 Å². The number of nitrogens with zero attached hydrogens (tertiary/aromatic N) is 3.